The lowest BCUT2D eigenvalue weighted by Crippen LogP contribution is -2.32. The molecule has 4 rings (SSSR count). The highest BCUT2D eigenvalue weighted by molar-refractivity contribution is 5.16. The van der Waals surface area contributed by atoms with Crippen molar-refractivity contribution in [2.75, 3.05) is 26.2 Å². The largest absolute Gasteiger partial charge is 0.373 e. The molecule has 2 heterocycles. The molecular weight excluding hydrogens is 410 g/mol. The van der Waals surface area contributed by atoms with Crippen molar-refractivity contribution in [3.63, 3.8) is 0 Å². The second kappa shape index (κ2) is 15.9. The molecule has 2 N–H and O–H groups in total. The third kappa shape index (κ3) is 10.2. The lowest BCUT2D eigenvalue weighted by atomic mass is 10.1. The fourth-order valence-electron chi connectivity index (χ4n) is 3.59. The summed E-state index contributed by atoms with van der Waals surface area (Å²) in [5, 5.41) is 6.55. The number of piperidine rings is 2. The molecule has 2 aromatic carbocycles. The van der Waals surface area contributed by atoms with E-state index in [1.54, 1.807) is 18.2 Å². The maximum absolute atomic E-state index is 13.3. The predicted octanol–water partition coefficient (Wildman–Crippen LogP) is 5.21. The number of hydrogen-bond donors (Lipinski definition) is 2. The van der Waals surface area contributed by atoms with E-state index in [4.69, 9.17) is 9.47 Å². The molecule has 0 unspecified atom stereocenters. The van der Waals surface area contributed by atoms with E-state index in [2.05, 4.69) is 10.6 Å². The number of rotatable bonds is 6. The van der Waals surface area contributed by atoms with Gasteiger partial charge in [0.05, 0.1) is 25.4 Å². The normalized spacial score (nSPS) is 17.0. The molecule has 0 radical (unpaired) electrons. The van der Waals surface area contributed by atoms with Gasteiger partial charge in [0.25, 0.3) is 0 Å². The van der Waals surface area contributed by atoms with E-state index >= 15 is 0 Å². The van der Waals surface area contributed by atoms with E-state index in [9.17, 15) is 8.78 Å². The van der Waals surface area contributed by atoms with Crippen molar-refractivity contribution in [1.82, 2.24) is 10.6 Å². The van der Waals surface area contributed by atoms with Crippen LogP contribution in [0, 0.1) is 11.6 Å². The molecule has 2 aromatic rings. The first-order valence-corrected chi connectivity index (χ1v) is 11.8. The van der Waals surface area contributed by atoms with Crippen LogP contribution in [0.4, 0.5) is 8.78 Å². The molecule has 178 valence electrons. The maximum Gasteiger partial charge on any atom is 0.128 e. The summed E-state index contributed by atoms with van der Waals surface area (Å²) in [7, 11) is 0. The SMILES string of the molecule is CC.Fc1cccc(COC2CCNCC2)c1.Fc1ccccc1COC1CCNCC1. The zero-order valence-electron chi connectivity index (χ0n) is 19.4. The Balaban J connectivity index is 0.000000211. The number of benzene rings is 2. The van der Waals surface area contributed by atoms with Crippen LogP contribution < -0.4 is 10.6 Å². The van der Waals surface area contributed by atoms with Crippen LogP contribution in [-0.2, 0) is 22.7 Å². The van der Waals surface area contributed by atoms with Crippen molar-refractivity contribution in [2.24, 2.45) is 0 Å². The molecule has 0 saturated carbocycles. The lowest BCUT2D eigenvalue weighted by Gasteiger charge is -2.23. The Morgan fingerprint density at radius 3 is 1.88 bits per heavy atom. The van der Waals surface area contributed by atoms with Gasteiger partial charge in [-0.25, -0.2) is 8.78 Å². The first-order valence-electron chi connectivity index (χ1n) is 11.8. The highest BCUT2D eigenvalue weighted by atomic mass is 19.1. The van der Waals surface area contributed by atoms with Crippen molar-refractivity contribution in [3.05, 3.63) is 71.3 Å². The highest BCUT2D eigenvalue weighted by Crippen LogP contribution is 2.13. The zero-order valence-corrected chi connectivity index (χ0v) is 19.4. The average Bonchev–Trinajstić information content (AvgIpc) is 2.85. The molecule has 6 heteroatoms. The quantitative estimate of drug-likeness (QED) is 0.636. The number of ether oxygens (including phenoxy) is 2. The Hall–Kier alpha value is -1.86. The molecule has 0 aliphatic carbocycles. The molecule has 2 aliphatic rings. The van der Waals surface area contributed by atoms with Crippen LogP contribution >= 0.6 is 0 Å². The summed E-state index contributed by atoms with van der Waals surface area (Å²) in [5.74, 6) is -0.368. The van der Waals surface area contributed by atoms with Gasteiger partial charge in [0.2, 0.25) is 0 Å². The van der Waals surface area contributed by atoms with Crippen LogP contribution in [0.2, 0.25) is 0 Å². The summed E-state index contributed by atoms with van der Waals surface area (Å²) in [6.07, 6.45) is 4.76. The first-order chi connectivity index (χ1) is 15.7. The van der Waals surface area contributed by atoms with Crippen LogP contribution in [0.5, 0.6) is 0 Å². The van der Waals surface area contributed by atoms with Crippen LogP contribution in [0.25, 0.3) is 0 Å². The molecule has 2 saturated heterocycles. The van der Waals surface area contributed by atoms with Crippen molar-refractivity contribution in [3.8, 4) is 0 Å². The van der Waals surface area contributed by atoms with Gasteiger partial charge >= 0.3 is 0 Å². The van der Waals surface area contributed by atoms with Gasteiger partial charge in [-0.3, -0.25) is 0 Å². The molecule has 0 amide bonds. The van der Waals surface area contributed by atoms with Crippen LogP contribution in [0.3, 0.4) is 0 Å². The van der Waals surface area contributed by atoms with Crippen molar-refractivity contribution in [1.29, 1.82) is 0 Å². The molecule has 4 nitrogen and oxygen atoms in total. The Morgan fingerprint density at radius 1 is 0.750 bits per heavy atom. The zero-order chi connectivity index (χ0) is 23.0. The van der Waals surface area contributed by atoms with Gasteiger partial charge in [-0.05, 0) is 75.6 Å². The summed E-state index contributed by atoms with van der Waals surface area (Å²) in [5.41, 5.74) is 1.56. The van der Waals surface area contributed by atoms with E-state index in [0.717, 1.165) is 57.4 Å². The Kier molecular flexibility index (Phi) is 13.1. The fraction of sp³-hybridized carbons (Fsp3) is 0.538. The summed E-state index contributed by atoms with van der Waals surface area (Å²) in [4.78, 5) is 0. The van der Waals surface area contributed by atoms with Crippen LogP contribution in [-0.4, -0.2) is 38.4 Å². The minimum atomic E-state index is -0.193. The smallest absolute Gasteiger partial charge is 0.128 e. The Morgan fingerprint density at radius 2 is 1.31 bits per heavy atom. The maximum atomic E-state index is 13.3. The molecule has 32 heavy (non-hydrogen) atoms. The number of hydrogen-bond acceptors (Lipinski definition) is 4. The van der Waals surface area contributed by atoms with E-state index in [-0.39, 0.29) is 17.7 Å². The molecule has 0 atom stereocenters. The second-order valence-electron chi connectivity index (χ2n) is 7.74. The van der Waals surface area contributed by atoms with Gasteiger partial charge in [0.1, 0.15) is 11.6 Å². The summed E-state index contributed by atoms with van der Waals surface area (Å²) in [6.45, 7) is 8.95. The van der Waals surface area contributed by atoms with Crippen molar-refractivity contribution in [2.45, 2.75) is 65.0 Å². The lowest BCUT2D eigenvalue weighted by molar-refractivity contribution is 0.0199. The summed E-state index contributed by atoms with van der Waals surface area (Å²) in [6, 6.07) is 13.4. The monoisotopic (exact) mass is 448 g/mol. The van der Waals surface area contributed by atoms with Gasteiger partial charge in [-0.2, -0.15) is 0 Å². The van der Waals surface area contributed by atoms with Crippen LogP contribution in [0.1, 0.15) is 50.7 Å². The standard InChI is InChI=1S/2C12H16FNO.C2H6/c13-11-3-1-2-10(8-11)9-15-12-4-6-14-7-5-12;13-12-4-2-1-3-10(12)9-15-11-5-7-14-8-6-11;1-2/h1-3,8,12,14H,4-7,9H2;1-4,11,14H,5-9H2;1-2H3. The van der Waals surface area contributed by atoms with Gasteiger partial charge in [-0.1, -0.05) is 44.2 Å². The van der Waals surface area contributed by atoms with E-state index in [1.807, 2.05) is 26.0 Å². The molecule has 0 spiro atoms. The van der Waals surface area contributed by atoms with Crippen LogP contribution in [0.15, 0.2) is 48.5 Å². The van der Waals surface area contributed by atoms with Gasteiger partial charge in [-0.15, -0.1) is 0 Å². The Labute approximate surface area is 191 Å². The second-order valence-corrected chi connectivity index (χ2v) is 7.74. The first kappa shape index (κ1) is 26.4. The average molecular weight is 449 g/mol. The van der Waals surface area contributed by atoms with E-state index < -0.39 is 0 Å². The molecule has 2 fully saturated rings. The fourth-order valence-corrected chi connectivity index (χ4v) is 3.59. The van der Waals surface area contributed by atoms with Gasteiger partial charge in [0, 0.05) is 5.56 Å². The van der Waals surface area contributed by atoms with E-state index in [0.29, 0.717) is 24.9 Å². The number of halogens is 2. The topological polar surface area (TPSA) is 42.5 Å². The third-order valence-electron chi connectivity index (χ3n) is 5.38. The molecule has 2 aliphatic heterocycles. The summed E-state index contributed by atoms with van der Waals surface area (Å²) >= 11 is 0. The van der Waals surface area contributed by atoms with Crippen molar-refractivity contribution >= 4 is 0 Å². The highest BCUT2D eigenvalue weighted by Gasteiger charge is 2.14. The van der Waals surface area contributed by atoms with E-state index in [1.165, 1.54) is 18.2 Å². The number of nitrogens with one attached hydrogen (secondary N) is 2. The predicted molar refractivity (Wildman–Crippen MR) is 126 cm³/mol. The van der Waals surface area contributed by atoms with Gasteiger partial charge in [0.15, 0.2) is 0 Å². The third-order valence-corrected chi connectivity index (χ3v) is 5.38. The van der Waals surface area contributed by atoms with Gasteiger partial charge < -0.3 is 20.1 Å². The van der Waals surface area contributed by atoms with Crippen molar-refractivity contribution < 1.29 is 18.3 Å². The molecule has 0 bridgehead atoms. The molecular formula is C26H38F2N2O2. The Bertz CT molecular complexity index is 748. The minimum Gasteiger partial charge on any atom is -0.373 e. The molecule has 0 aromatic heterocycles. The summed E-state index contributed by atoms with van der Waals surface area (Å²) < 4.78 is 37.5. The minimum absolute atomic E-state index is 0.175.